The molecule has 0 saturated heterocycles. The van der Waals surface area contributed by atoms with Crippen LogP contribution in [0.15, 0.2) is 65.6 Å². The lowest BCUT2D eigenvalue weighted by atomic mass is 10.1. The van der Waals surface area contributed by atoms with E-state index in [9.17, 15) is 9.59 Å². The Morgan fingerprint density at radius 2 is 2.03 bits per heavy atom. The maximum Gasteiger partial charge on any atom is 0.356 e. The molecule has 0 radical (unpaired) electrons. The van der Waals surface area contributed by atoms with Crippen molar-refractivity contribution in [3.63, 3.8) is 0 Å². The molecule has 0 atom stereocenters. The molecule has 3 aromatic heterocycles. The van der Waals surface area contributed by atoms with Crippen molar-refractivity contribution in [2.75, 3.05) is 30.4 Å². The van der Waals surface area contributed by atoms with E-state index in [1.807, 2.05) is 54.6 Å². The summed E-state index contributed by atoms with van der Waals surface area (Å²) in [5.74, 6) is 0.610. The summed E-state index contributed by atoms with van der Waals surface area (Å²) in [5, 5.41) is 0. The van der Waals surface area contributed by atoms with E-state index in [-0.39, 0.29) is 18.1 Å². The van der Waals surface area contributed by atoms with Crippen LogP contribution in [0, 0.1) is 0 Å². The number of anilines is 3. The van der Waals surface area contributed by atoms with E-state index in [1.165, 1.54) is 17.5 Å². The number of para-hydroxylation sites is 1. The van der Waals surface area contributed by atoms with E-state index in [0.29, 0.717) is 39.9 Å². The topological polar surface area (TPSA) is 128 Å². The number of thiophene rings is 1. The molecule has 0 amide bonds. The van der Waals surface area contributed by atoms with E-state index in [1.54, 1.807) is 11.5 Å². The average molecular weight is 515 g/mol. The fourth-order valence-electron chi connectivity index (χ4n) is 4.35. The Labute approximate surface area is 214 Å². The molecule has 186 valence electrons. The molecule has 3 N–H and O–H groups in total. The van der Waals surface area contributed by atoms with Crippen LogP contribution >= 0.6 is 11.3 Å². The summed E-state index contributed by atoms with van der Waals surface area (Å²) < 4.78 is 12.5. The van der Waals surface area contributed by atoms with Crippen molar-refractivity contribution < 1.29 is 14.3 Å². The number of imidazole rings is 1. The molecule has 0 saturated carbocycles. The molecule has 37 heavy (non-hydrogen) atoms. The highest BCUT2D eigenvalue weighted by molar-refractivity contribution is 7.21. The van der Waals surface area contributed by atoms with Gasteiger partial charge >= 0.3 is 5.97 Å². The SMILES string of the molecule is CCOC(=O)c1cnc(-c2cc3c(nc(N)c(=O)n3-c3ccc4c(c3)N(c3ccccc3)CCO4)s2)[nH]1. The third kappa shape index (κ3) is 3.99. The van der Waals surface area contributed by atoms with Gasteiger partial charge in [0.25, 0.3) is 5.56 Å². The highest BCUT2D eigenvalue weighted by Crippen LogP contribution is 2.39. The number of nitrogens with one attached hydrogen (secondary N) is 1. The summed E-state index contributed by atoms with van der Waals surface area (Å²) in [6, 6.07) is 17.4. The summed E-state index contributed by atoms with van der Waals surface area (Å²) in [5.41, 5.74) is 8.96. The van der Waals surface area contributed by atoms with Crippen LogP contribution in [-0.2, 0) is 4.74 Å². The predicted molar refractivity (Wildman–Crippen MR) is 142 cm³/mol. The van der Waals surface area contributed by atoms with E-state index in [0.717, 1.165) is 17.1 Å². The van der Waals surface area contributed by atoms with Crippen LogP contribution in [0.3, 0.4) is 0 Å². The maximum atomic E-state index is 13.3. The molecule has 2 aromatic carbocycles. The first-order chi connectivity index (χ1) is 18.0. The molecular weight excluding hydrogens is 492 g/mol. The second-order valence-corrected chi connectivity index (χ2v) is 9.32. The van der Waals surface area contributed by atoms with Crippen molar-refractivity contribution in [2.45, 2.75) is 6.92 Å². The molecule has 0 bridgehead atoms. The molecule has 10 nitrogen and oxygen atoms in total. The first-order valence-corrected chi connectivity index (χ1v) is 12.5. The van der Waals surface area contributed by atoms with Gasteiger partial charge in [-0.25, -0.2) is 14.8 Å². The highest BCUT2D eigenvalue weighted by atomic mass is 32.1. The number of fused-ring (bicyclic) bond motifs is 2. The van der Waals surface area contributed by atoms with Gasteiger partial charge in [-0.2, -0.15) is 0 Å². The zero-order valence-electron chi connectivity index (χ0n) is 19.8. The number of carbonyl (C=O) groups is 1. The number of hydrogen-bond donors (Lipinski definition) is 2. The minimum Gasteiger partial charge on any atom is -0.490 e. The number of rotatable bonds is 5. The first-order valence-electron chi connectivity index (χ1n) is 11.7. The minimum absolute atomic E-state index is 0.110. The predicted octanol–water partition coefficient (Wildman–Crippen LogP) is 4.13. The van der Waals surface area contributed by atoms with Gasteiger partial charge in [0.1, 0.15) is 28.7 Å². The Kier molecular flexibility index (Phi) is 5.61. The third-order valence-corrected chi connectivity index (χ3v) is 7.04. The largest absolute Gasteiger partial charge is 0.490 e. The van der Waals surface area contributed by atoms with Crippen molar-refractivity contribution in [1.29, 1.82) is 0 Å². The number of benzene rings is 2. The van der Waals surface area contributed by atoms with Crippen molar-refractivity contribution in [3.8, 4) is 22.1 Å². The number of nitrogens with two attached hydrogens (primary N) is 1. The van der Waals surface area contributed by atoms with Crippen LogP contribution in [-0.4, -0.2) is 45.2 Å². The lowest BCUT2D eigenvalue weighted by molar-refractivity contribution is 0.0520. The Bertz CT molecular complexity index is 1690. The van der Waals surface area contributed by atoms with Crippen molar-refractivity contribution >= 4 is 44.8 Å². The number of esters is 1. The van der Waals surface area contributed by atoms with Crippen LogP contribution in [0.2, 0.25) is 0 Å². The Morgan fingerprint density at radius 1 is 1.19 bits per heavy atom. The highest BCUT2D eigenvalue weighted by Gasteiger charge is 2.23. The third-order valence-electron chi connectivity index (χ3n) is 6.02. The van der Waals surface area contributed by atoms with Crippen molar-refractivity contribution in [2.24, 2.45) is 0 Å². The molecule has 4 heterocycles. The summed E-state index contributed by atoms with van der Waals surface area (Å²) in [6.45, 7) is 3.23. The fraction of sp³-hybridized carbons (Fsp3) is 0.154. The lowest BCUT2D eigenvalue weighted by Gasteiger charge is -2.31. The molecule has 0 unspecified atom stereocenters. The van der Waals surface area contributed by atoms with Gasteiger partial charge in [-0.15, -0.1) is 11.3 Å². The van der Waals surface area contributed by atoms with Gasteiger partial charge in [0.15, 0.2) is 5.82 Å². The Hall–Kier alpha value is -4.64. The number of ether oxygens (including phenoxy) is 2. The first kappa shape index (κ1) is 22.8. The summed E-state index contributed by atoms with van der Waals surface area (Å²) in [6.07, 6.45) is 1.42. The molecule has 1 aliphatic heterocycles. The number of H-pyrrole nitrogens is 1. The summed E-state index contributed by atoms with van der Waals surface area (Å²) >= 11 is 1.31. The van der Waals surface area contributed by atoms with Gasteiger partial charge in [0, 0.05) is 5.69 Å². The normalized spacial score (nSPS) is 12.8. The molecule has 1 aliphatic rings. The van der Waals surface area contributed by atoms with Gasteiger partial charge in [-0.3, -0.25) is 9.36 Å². The van der Waals surface area contributed by atoms with Crippen LogP contribution in [0.1, 0.15) is 17.4 Å². The number of nitrogen functional groups attached to an aromatic ring is 1. The molecular formula is C26H22N6O4S. The van der Waals surface area contributed by atoms with Crippen molar-refractivity contribution in [3.05, 3.63) is 76.8 Å². The molecule has 0 spiro atoms. The standard InChI is InChI=1S/C26H22N6O4S/c1-2-35-26(34)17-14-28-23(29-17)21-13-19-24(37-21)30-22(27)25(33)32(19)16-8-9-20-18(12-16)31(10-11-36-20)15-6-4-3-5-7-15/h3-9,12-14H,2,10-11H2,1H3,(H2,27,30)(H,28,29). The molecule has 0 fully saturated rings. The molecule has 0 aliphatic carbocycles. The second-order valence-electron chi connectivity index (χ2n) is 8.29. The van der Waals surface area contributed by atoms with Gasteiger partial charge in [-0.05, 0) is 43.3 Å². The molecule has 6 rings (SSSR count). The zero-order chi connectivity index (χ0) is 25.5. The van der Waals surface area contributed by atoms with Gasteiger partial charge < -0.3 is 25.1 Å². The summed E-state index contributed by atoms with van der Waals surface area (Å²) in [7, 11) is 0. The Morgan fingerprint density at radius 3 is 2.84 bits per heavy atom. The minimum atomic E-state index is -0.485. The number of hydrogen-bond acceptors (Lipinski definition) is 9. The fourth-order valence-corrected chi connectivity index (χ4v) is 5.32. The van der Waals surface area contributed by atoms with Crippen LogP contribution in [0.4, 0.5) is 17.2 Å². The van der Waals surface area contributed by atoms with E-state index >= 15 is 0 Å². The van der Waals surface area contributed by atoms with Gasteiger partial charge in [-0.1, -0.05) is 18.2 Å². The average Bonchev–Trinajstić information content (AvgIpc) is 3.57. The number of carbonyl (C=O) groups excluding carboxylic acids is 1. The molecule has 11 heteroatoms. The Balaban J connectivity index is 1.47. The van der Waals surface area contributed by atoms with Gasteiger partial charge in [0.2, 0.25) is 0 Å². The lowest BCUT2D eigenvalue weighted by Crippen LogP contribution is -2.29. The summed E-state index contributed by atoms with van der Waals surface area (Å²) in [4.78, 5) is 40.4. The number of aromatic nitrogens is 4. The van der Waals surface area contributed by atoms with Crippen LogP contribution < -0.4 is 20.9 Å². The second kappa shape index (κ2) is 9.10. The smallest absolute Gasteiger partial charge is 0.356 e. The monoisotopic (exact) mass is 514 g/mol. The zero-order valence-corrected chi connectivity index (χ0v) is 20.6. The number of nitrogens with zero attached hydrogens (tertiary/aromatic N) is 4. The van der Waals surface area contributed by atoms with E-state index < -0.39 is 11.5 Å². The van der Waals surface area contributed by atoms with Crippen LogP contribution in [0.5, 0.6) is 5.75 Å². The number of aromatic amines is 1. The van der Waals surface area contributed by atoms with Gasteiger partial charge in [0.05, 0.1) is 41.1 Å². The quantitative estimate of drug-likeness (QED) is 0.335. The maximum absolute atomic E-state index is 13.3. The molecule has 5 aromatic rings. The van der Waals surface area contributed by atoms with E-state index in [4.69, 9.17) is 15.2 Å². The van der Waals surface area contributed by atoms with E-state index in [2.05, 4.69) is 19.9 Å². The van der Waals surface area contributed by atoms with Crippen molar-refractivity contribution in [1.82, 2.24) is 19.5 Å². The van der Waals surface area contributed by atoms with Crippen LogP contribution in [0.25, 0.3) is 26.7 Å².